The lowest BCUT2D eigenvalue weighted by Crippen LogP contribution is -2.17. The van der Waals surface area contributed by atoms with E-state index in [1.165, 1.54) is 18.9 Å². The van der Waals surface area contributed by atoms with Gasteiger partial charge in [0.15, 0.2) is 5.69 Å². The molecule has 0 saturated heterocycles. The Labute approximate surface area is 127 Å². The zero-order valence-corrected chi connectivity index (χ0v) is 12.8. The fraction of sp³-hybridized carbons (Fsp3) is 0.267. The molecule has 0 aliphatic rings. The highest BCUT2D eigenvalue weighted by Gasteiger charge is 2.21. The molecule has 0 radical (unpaired) electrons. The standard InChI is InChI=1S/C15H17N3O4/c1-9-12(17-18(2)14(9)21-3)13(19)16-11-8-6-5-7-10(11)15(20)22-4/h5-8H,1-4H3,(H,16,19). The van der Waals surface area contributed by atoms with Gasteiger partial charge in [0.05, 0.1) is 25.5 Å². The third-order valence-corrected chi connectivity index (χ3v) is 3.21. The predicted octanol–water partition coefficient (Wildman–Crippen LogP) is 1.78. The van der Waals surface area contributed by atoms with Crippen LogP contribution in [-0.2, 0) is 11.8 Å². The van der Waals surface area contributed by atoms with E-state index in [0.29, 0.717) is 17.1 Å². The van der Waals surface area contributed by atoms with Crippen LogP contribution in [0.15, 0.2) is 24.3 Å². The Kier molecular flexibility index (Phi) is 4.45. The number of carbonyl (C=O) groups is 2. The maximum absolute atomic E-state index is 12.4. The van der Waals surface area contributed by atoms with Gasteiger partial charge in [-0.05, 0) is 19.1 Å². The Morgan fingerprint density at radius 1 is 1.23 bits per heavy atom. The van der Waals surface area contributed by atoms with Gasteiger partial charge in [-0.2, -0.15) is 5.10 Å². The second-order valence-electron chi connectivity index (χ2n) is 4.60. The molecular weight excluding hydrogens is 286 g/mol. The van der Waals surface area contributed by atoms with Crippen molar-refractivity contribution in [2.24, 2.45) is 7.05 Å². The molecule has 0 atom stereocenters. The van der Waals surface area contributed by atoms with Crippen molar-refractivity contribution in [1.29, 1.82) is 0 Å². The Bertz CT molecular complexity index is 722. The van der Waals surface area contributed by atoms with Crippen LogP contribution < -0.4 is 10.1 Å². The number of methoxy groups -OCH3 is 2. The number of anilines is 1. The molecule has 0 aliphatic carbocycles. The molecule has 7 heteroatoms. The second-order valence-corrected chi connectivity index (χ2v) is 4.60. The van der Waals surface area contributed by atoms with Crippen LogP contribution in [0.25, 0.3) is 0 Å². The molecule has 1 amide bonds. The van der Waals surface area contributed by atoms with Crippen LogP contribution >= 0.6 is 0 Å². The summed E-state index contributed by atoms with van der Waals surface area (Å²) in [6.07, 6.45) is 0. The SMILES string of the molecule is COC(=O)c1ccccc1NC(=O)c1nn(C)c(OC)c1C. The van der Waals surface area contributed by atoms with Gasteiger partial charge in [-0.15, -0.1) is 0 Å². The number of esters is 1. The summed E-state index contributed by atoms with van der Waals surface area (Å²) < 4.78 is 11.4. The quantitative estimate of drug-likeness (QED) is 0.871. The number of amides is 1. The van der Waals surface area contributed by atoms with Crippen LogP contribution in [0.2, 0.25) is 0 Å². The van der Waals surface area contributed by atoms with Crippen molar-refractivity contribution in [3.05, 3.63) is 41.1 Å². The van der Waals surface area contributed by atoms with Crippen molar-refractivity contribution in [3.8, 4) is 5.88 Å². The number of ether oxygens (including phenoxy) is 2. The lowest BCUT2D eigenvalue weighted by molar-refractivity contribution is 0.0602. The molecule has 116 valence electrons. The lowest BCUT2D eigenvalue weighted by atomic mass is 10.1. The molecule has 22 heavy (non-hydrogen) atoms. The minimum Gasteiger partial charge on any atom is -0.481 e. The van der Waals surface area contributed by atoms with Crippen molar-refractivity contribution in [3.63, 3.8) is 0 Å². The summed E-state index contributed by atoms with van der Waals surface area (Å²) in [6, 6.07) is 6.61. The normalized spacial score (nSPS) is 10.2. The summed E-state index contributed by atoms with van der Waals surface area (Å²) >= 11 is 0. The van der Waals surface area contributed by atoms with Gasteiger partial charge in [0.2, 0.25) is 5.88 Å². The number of para-hydroxylation sites is 1. The van der Waals surface area contributed by atoms with Crippen molar-refractivity contribution in [2.45, 2.75) is 6.92 Å². The highest BCUT2D eigenvalue weighted by Crippen LogP contribution is 2.22. The van der Waals surface area contributed by atoms with Crippen molar-refractivity contribution in [2.75, 3.05) is 19.5 Å². The predicted molar refractivity (Wildman–Crippen MR) is 80.2 cm³/mol. The lowest BCUT2D eigenvalue weighted by Gasteiger charge is -2.08. The number of aryl methyl sites for hydroxylation is 1. The van der Waals surface area contributed by atoms with Gasteiger partial charge in [-0.3, -0.25) is 4.79 Å². The van der Waals surface area contributed by atoms with Gasteiger partial charge in [0.25, 0.3) is 5.91 Å². The van der Waals surface area contributed by atoms with E-state index in [2.05, 4.69) is 10.4 Å². The first-order valence-electron chi connectivity index (χ1n) is 6.55. The van der Waals surface area contributed by atoms with E-state index in [1.54, 1.807) is 38.2 Å². The van der Waals surface area contributed by atoms with Crippen LogP contribution in [0.4, 0.5) is 5.69 Å². The van der Waals surface area contributed by atoms with Crippen LogP contribution in [0.1, 0.15) is 26.4 Å². The van der Waals surface area contributed by atoms with E-state index in [9.17, 15) is 9.59 Å². The van der Waals surface area contributed by atoms with Gasteiger partial charge >= 0.3 is 5.97 Å². The van der Waals surface area contributed by atoms with Crippen LogP contribution in [0.5, 0.6) is 5.88 Å². The molecule has 2 aromatic rings. The number of carbonyl (C=O) groups excluding carboxylic acids is 2. The molecule has 0 unspecified atom stereocenters. The first-order valence-corrected chi connectivity index (χ1v) is 6.55. The average molecular weight is 303 g/mol. The number of rotatable bonds is 4. The minimum absolute atomic E-state index is 0.235. The number of nitrogens with one attached hydrogen (secondary N) is 1. The smallest absolute Gasteiger partial charge is 0.339 e. The summed E-state index contributed by atoms with van der Waals surface area (Å²) in [7, 11) is 4.48. The number of nitrogens with zero attached hydrogens (tertiary/aromatic N) is 2. The first-order chi connectivity index (χ1) is 10.5. The summed E-state index contributed by atoms with van der Waals surface area (Å²) in [6.45, 7) is 1.74. The molecule has 1 aromatic carbocycles. The fourth-order valence-electron chi connectivity index (χ4n) is 2.18. The minimum atomic E-state index is -0.522. The summed E-state index contributed by atoms with van der Waals surface area (Å²) in [5.74, 6) is -0.439. The molecule has 0 aliphatic heterocycles. The number of aromatic nitrogens is 2. The second kappa shape index (κ2) is 6.30. The first kappa shape index (κ1) is 15.6. The molecule has 0 bridgehead atoms. The molecule has 7 nitrogen and oxygen atoms in total. The van der Waals surface area contributed by atoms with E-state index in [0.717, 1.165) is 0 Å². The van der Waals surface area contributed by atoms with Crippen LogP contribution in [-0.4, -0.2) is 35.9 Å². The van der Waals surface area contributed by atoms with E-state index in [4.69, 9.17) is 9.47 Å². The third-order valence-electron chi connectivity index (χ3n) is 3.21. The Balaban J connectivity index is 2.32. The fourth-order valence-corrected chi connectivity index (χ4v) is 2.18. The van der Waals surface area contributed by atoms with Gasteiger partial charge < -0.3 is 14.8 Å². The van der Waals surface area contributed by atoms with Crippen LogP contribution in [0, 0.1) is 6.92 Å². The van der Waals surface area contributed by atoms with Gasteiger partial charge in [-0.25, -0.2) is 9.48 Å². The molecular formula is C15H17N3O4. The topological polar surface area (TPSA) is 82.5 Å². The van der Waals surface area contributed by atoms with Crippen molar-refractivity contribution in [1.82, 2.24) is 9.78 Å². The molecule has 1 heterocycles. The Hall–Kier alpha value is -2.83. The van der Waals surface area contributed by atoms with Gasteiger partial charge in [-0.1, -0.05) is 12.1 Å². The zero-order chi connectivity index (χ0) is 16.3. The number of hydrogen-bond acceptors (Lipinski definition) is 5. The van der Waals surface area contributed by atoms with E-state index in [1.807, 2.05) is 0 Å². The van der Waals surface area contributed by atoms with E-state index < -0.39 is 11.9 Å². The van der Waals surface area contributed by atoms with E-state index >= 15 is 0 Å². The molecule has 0 spiro atoms. The number of hydrogen-bond donors (Lipinski definition) is 1. The molecule has 1 aromatic heterocycles. The Morgan fingerprint density at radius 2 is 1.91 bits per heavy atom. The summed E-state index contributed by atoms with van der Waals surface area (Å²) in [5.41, 5.74) is 1.50. The monoisotopic (exact) mass is 303 g/mol. The highest BCUT2D eigenvalue weighted by atomic mass is 16.5. The average Bonchev–Trinajstić information content (AvgIpc) is 2.81. The van der Waals surface area contributed by atoms with Gasteiger partial charge in [0.1, 0.15) is 0 Å². The maximum Gasteiger partial charge on any atom is 0.339 e. The zero-order valence-electron chi connectivity index (χ0n) is 12.8. The van der Waals surface area contributed by atoms with E-state index in [-0.39, 0.29) is 11.3 Å². The van der Waals surface area contributed by atoms with Crippen molar-refractivity contribution < 1.29 is 19.1 Å². The molecule has 0 fully saturated rings. The summed E-state index contributed by atoms with van der Waals surface area (Å²) in [4.78, 5) is 24.1. The summed E-state index contributed by atoms with van der Waals surface area (Å²) in [5, 5.41) is 6.81. The van der Waals surface area contributed by atoms with Gasteiger partial charge in [0, 0.05) is 12.6 Å². The Morgan fingerprint density at radius 3 is 2.50 bits per heavy atom. The molecule has 1 N–H and O–H groups in total. The van der Waals surface area contributed by atoms with Crippen molar-refractivity contribution >= 4 is 17.6 Å². The molecule has 0 saturated carbocycles. The maximum atomic E-state index is 12.4. The third kappa shape index (κ3) is 2.78. The highest BCUT2D eigenvalue weighted by molar-refractivity contribution is 6.07. The van der Waals surface area contributed by atoms with Crippen LogP contribution in [0.3, 0.4) is 0 Å². The number of benzene rings is 1. The molecule has 2 rings (SSSR count). The largest absolute Gasteiger partial charge is 0.481 e.